The molecule has 130 valence electrons. The number of rotatable bonds is 5. The summed E-state index contributed by atoms with van der Waals surface area (Å²) in [5.74, 6) is -1.81. The predicted octanol–water partition coefficient (Wildman–Crippen LogP) is -0.0807. The van der Waals surface area contributed by atoms with Gasteiger partial charge in [-0.05, 0) is 23.8 Å². The zero-order valence-electron chi connectivity index (χ0n) is 13.2. The minimum Gasteiger partial charge on any atom is -0.497 e. The van der Waals surface area contributed by atoms with Gasteiger partial charge in [0.1, 0.15) is 5.75 Å². The lowest BCUT2D eigenvalue weighted by atomic mass is 9.89. The summed E-state index contributed by atoms with van der Waals surface area (Å²) in [5.41, 5.74) is 6.24. The molecule has 4 N–H and O–H groups in total. The summed E-state index contributed by atoms with van der Waals surface area (Å²) in [6.45, 7) is -0.0868. The summed E-state index contributed by atoms with van der Waals surface area (Å²) < 4.78 is 9.98. The van der Waals surface area contributed by atoms with Crippen molar-refractivity contribution in [3.63, 3.8) is 0 Å². The normalized spacial score (nSPS) is 15.9. The Morgan fingerprint density at radius 3 is 2.96 bits per heavy atom. The highest BCUT2D eigenvalue weighted by Gasteiger charge is 2.31. The number of hydrogen-bond donors (Lipinski definition) is 3. The number of amides is 3. The van der Waals surface area contributed by atoms with Crippen LogP contribution in [0.3, 0.4) is 0 Å². The van der Waals surface area contributed by atoms with E-state index in [0.29, 0.717) is 17.0 Å². The fraction of sp³-hybridized carbons (Fsp3) is 0.267. The van der Waals surface area contributed by atoms with Crippen LogP contribution in [-0.2, 0) is 16.1 Å². The van der Waals surface area contributed by atoms with Gasteiger partial charge in [-0.1, -0.05) is 5.16 Å². The van der Waals surface area contributed by atoms with E-state index < -0.39 is 11.8 Å². The van der Waals surface area contributed by atoms with Crippen molar-refractivity contribution >= 4 is 23.4 Å². The third kappa shape index (κ3) is 3.42. The number of nitrogens with zero attached hydrogens (tertiary/aromatic N) is 2. The van der Waals surface area contributed by atoms with Crippen LogP contribution >= 0.6 is 0 Å². The number of ether oxygens (including phenoxy) is 1. The minimum atomic E-state index is -0.827. The Morgan fingerprint density at radius 2 is 2.28 bits per heavy atom. The maximum Gasteiger partial charge on any atom is 0.290 e. The maximum absolute atomic E-state index is 12.5. The molecule has 10 nitrogen and oxygen atoms in total. The second kappa shape index (κ2) is 6.59. The van der Waals surface area contributed by atoms with E-state index in [1.165, 1.54) is 7.11 Å². The molecule has 0 saturated carbocycles. The van der Waals surface area contributed by atoms with Gasteiger partial charge < -0.3 is 25.6 Å². The van der Waals surface area contributed by atoms with Crippen molar-refractivity contribution in [2.75, 3.05) is 12.4 Å². The quantitative estimate of drug-likeness (QED) is 0.686. The molecule has 0 radical (unpaired) electrons. The van der Waals surface area contributed by atoms with Crippen molar-refractivity contribution in [2.45, 2.75) is 18.9 Å². The van der Waals surface area contributed by atoms with Gasteiger partial charge in [0.15, 0.2) is 0 Å². The lowest BCUT2D eigenvalue weighted by Crippen LogP contribution is -2.34. The fourth-order valence-electron chi connectivity index (χ4n) is 2.51. The highest BCUT2D eigenvalue weighted by molar-refractivity contribution is 6.01. The highest BCUT2D eigenvalue weighted by atomic mass is 16.5. The summed E-state index contributed by atoms with van der Waals surface area (Å²) in [6, 6.07) is 5.09. The largest absolute Gasteiger partial charge is 0.497 e. The first-order valence-corrected chi connectivity index (χ1v) is 7.36. The number of carbonyl (C=O) groups excluding carboxylic acids is 3. The Labute approximate surface area is 141 Å². The Kier molecular flexibility index (Phi) is 4.33. The van der Waals surface area contributed by atoms with Crippen LogP contribution in [0.1, 0.15) is 34.4 Å². The van der Waals surface area contributed by atoms with Gasteiger partial charge in [0.05, 0.1) is 19.6 Å². The van der Waals surface area contributed by atoms with Crippen molar-refractivity contribution < 1.29 is 23.6 Å². The van der Waals surface area contributed by atoms with Gasteiger partial charge in [0, 0.05) is 12.1 Å². The summed E-state index contributed by atoms with van der Waals surface area (Å²) in [4.78, 5) is 39.0. The van der Waals surface area contributed by atoms with E-state index in [9.17, 15) is 14.4 Å². The highest BCUT2D eigenvalue weighted by Crippen LogP contribution is 2.35. The molecule has 25 heavy (non-hydrogen) atoms. The number of hydrogen-bond acceptors (Lipinski definition) is 7. The number of nitrogens with two attached hydrogens (primary N) is 1. The lowest BCUT2D eigenvalue weighted by Gasteiger charge is -2.25. The number of anilines is 1. The molecule has 0 aliphatic carbocycles. The van der Waals surface area contributed by atoms with E-state index >= 15 is 0 Å². The SMILES string of the molecule is COc1ccc2c(c1)C(C(=O)NCc1nc(C(N)=O)no1)CC(=O)N2. The maximum atomic E-state index is 12.5. The minimum absolute atomic E-state index is 0.00235. The van der Waals surface area contributed by atoms with Gasteiger partial charge in [-0.15, -0.1) is 0 Å². The summed E-state index contributed by atoms with van der Waals surface area (Å²) in [5, 5.41) is 8.71. The Hall–Kier alpha value is -3.43. The Balaban J connectivity index is 1.75. The molecule has 0 spiro atoms. The molecule has 0 fully saturated rings. The van der Waals surface area contributed by atoms with Crippen molar-refractivity contribution in [3.8, 4) is 5.75 Å². The zero-order valence-corrected chi connectivity index (χ0v) is 13.2. The molecule has 3 amide bonds. The van der Waals surface area contributed by atoms with Crippen molar-refractivity contribution in [3.05, 3.63) is 35.5 Å². The number of primary amides is 1. The third-order valence-electron chi connectivity index (χ3n) is 3.72. The molecular weight excluding hydrogens is 330 g/mol. The van der Waals surface area contributed by atoms with Crippen molar-refractivity contribution in [1.82, 2.24) is 15.5 Å². The molecular formula is C15H15N5O5. The average Bonchev–Trinajstić information content (AvgIpc) is 3.08. The van der Waals surface area contributed by atoms with E-state index in [2.05, 4.69) is 20.8 Å². The van der Waals surface area contributed by atoms with Gasteiger partial charge in [0.2, 0.25) is 17.7 Å². The van der Waals surface area contributed by atoms with Crippen LogP contribution in [0, 0.1) is 0 Å². The first-order valence-electron chi connectivity index (χ1n) is 7.36. The third-order valence-corrected chi connectivity index (χ3v) is 3.72. The lowest BCUT2D eigenvalue weighted by molar-refractivity contribution is -0.126. The van der Waals surface area contributed by atoms with E-state index in [0.717, 1.165) is 0 Å². The van der Waals surface area contributed by atoms with Crippen molar-refractivity contribution in [2.24, 2.45) is 5.73 Å². The number of fused-ring (bicyclic) bond motifs is 1. The smallest absolute Gasteiger partial charge is 0.290 e. The first-order chi connectivity index (χ1) is 12.0. The van der Waals surface area contributed by atoms with E-state index in [4.69, 9.17) is 15.0 Å². The van der Waals surface area contributed by atoms with Gasteiger partial charge in [-0.2, -0.15) is 4.98 Å². The number of carbonyl (C=O) groups is 3. The topological polar surface area (TPSA) is 149 Å². The molecule has 10 heteroatoms. The van der Waals surface area contributed by atoms with Gasteiger partial charge in [-0.3, -0.25) is 14.4 Å². The van der Waals surface area contributed by atoms with Crippen LogP contribution in [0.4, 0.5) is 5.69 Å². The zero-order chi connectivity index (χ0) is 18.0. The average molecular weight is 345 g/mol. The van der Waals surface area contributed by atoms with Crippen LogP contribution in [0.15, 0.2) is 22.7 Å². The molecule has 2 aromatic rings. The number of nitrogens with one attached hydrogen (secondary N) is 2. The molecule has 1 aromatic carbocycles. The van der Waals surface area contributed by atoms with Gasteiger partial charge in [0.25, 0.3) is 11.7 Å². The number of methoxy groups -OCH3 is 1. The Bertz CT molecular complexity index is 847. The molecule has 0 bridgehead atoms. The van der Waals surface area contributed by atoms with Gasteiger partial charge >= 0.3 is 0 Å². The standard InChI is InChI=1S/C15H15N5O5/c1-24-7-2-3-10-8(4-7)9(5-11(21)18-10)15(23)17-6-12-19-14(13(16)22)20-25-12/h2-4,9H,5-6H2,1H3,(H2,16,22)(H,17,23)(H,18,21). The van der Waals surface area contributed by atoms with Crippen LogP contribution < -0.4 is 21.1 Å². The van der Waals surface area contributed by atoms with E-state index in [-0.39, 0.29) is 36.5 Å². The summed E-state index contributed by atoms with van der Waals surface area (Å²) in [7, 11) is 1.52. The van der Waals surface area contributed by atoms with E-state index in [1.807, 2.05) is 0 Å². The fourth-order valence-corrected chi connectivity index (χ4v) is 2.51. The molecule has 0 saturated heterocycles. The first kappa shape index (κ1) is 16.4. The van der Waals surface area contributed by atoms with Gasteiger partial charge in [-0.25, -0.2) is 0 Å². The van der Waals surface area contributed by atoms with Crippen LogP contribution in [0.5, 0.6) is 5.75 Å². The monoisotopic (exact) mass is 345 g/mol. The molecule has 1 unspecified atom stereocenters. The number of benzene rings is 1. The van der Waals surface area contributed by atoms with E-state index in [1.54, 1.807) is 18.2 Å². The van der Waals surface area contributed by atoms with Crippen molar-refractivity contribution in [1.29, 1.82) is 0 Å². The molecule has 2 heterocycles. The second-order valence-electron chi connectivity index (χ2n) is 5.35. The second-order valence-corrected chi connectivity index (χ2v) is 5.35. The van der Waals surface area contributed by atoms with Crippen LogP contribution in [-0.4, -0.2) is 35.0 Å². The molecule has 1 aliphatic rings. The predicted molar refractivity (Wildman–Crippen MR) is 83.6 cm³/mol. The summed E-state index contributed by atoms with van der Waals surface area (Å²) >= 11 is 0. The van der Waals surface area contributed by atoms with Crippen LogP contribution in [0.25, 0.3) is 0 Å². The Morgan fingerprint density at radius 1 is 1.48 bits per heavy atom. The molecule has 1 aliphatic heterocycles. The number of aromatic nitrogens is 2. The molecule has 3 rings (SSSR count). The molecule has 1 atom stereocenters. The van der Waals surface area contributed by atoms with Crippen LogP contribution in [0.2, 0.25) is 0 Å². The summed E-state index contributed by atoms with van der Waals surface area (Å²) in [6.07, 6.45) is 0.00235. The molecule has 1 aromatic heterocycles.